The summed E-state index contributed by atoms with van der Waals surface area (Å²) in [4.78, 5) is 16.8. The summed E-state index contributed by atoms with van der Waals surface area (Å²) in [6, 6.07) is 20.3. The minimum atomic E-state index is -0.144. The quantitative estimate of drug-likeness (QED) is 0.687. The fourth-order valence-electron chi connectivity index (χ4n) is 2.98. The van der Waals surface area contributed by atoms with Gasteiger partial charge in [0.05, 0.1) is 17.9 Å². The van der Waals surface area contributed by atoms with Gasteiger partial charge in [-0.15, -0.1) is 0 Å². The third kappa shape index (κ3) is 3.91. The van der Waals surface area contributed by atoms with Crippen molar-refractivity contribution in [1.29, 1.82) is 0 Å². The molecule has 1 heterocycles. The lowest BCUT2D eigenvalue weighted by Crippen LogP contribution is -2.25. The molecule has 0 aliphatic rings. The lowest BCUT2D eigenvalue weighted by Gasteiger charge is -2.13. The van der Waals surface area contributed by atoms with E-state index in [1.165, 1.54) is 5.56 Å². The lowest BCUT2D eigenvalue weighted by molar-refractivity contribution is -0.117. The van der Waals surface area contributed by atoms with Crippen LogP contribution in [0.1, 0.15) is 29.7 Å². The van der Waals surface area contributed by atoms with Crippen LogP contribution < -0.4 is 5.32 Å². The van der Waals surface area contributed by atoms with Gasteiger partial charge in [-0.2, -0.15) is 0 Å². The van der Waals surface area contributed by atoms with Crippen molar-refractivity contribution in [3.63, 3.8) is 0 Å². The monoisotopic (exact) mass is 345 g/mol. The Balaban J connectivity index is 2.00. The van der Waals surface area contributed by atoms with E-state index in [2.05, 4.69) is 28.6 Å². The van der Waals surface area contributed by atoms with Gasteiger partial charge in [0.1, 0.15) is 5.82 Å². The van der Waals surface area contributed by atoms with Gasteiger partial charge in [-0.1, -0.05) is 55.1 Å². The highest BCUT2D eigenvalue weighted by molar-refractivity contribution is 5.92. The van der Waals surface area contributed by atoms with E-state index in [-0.39, 0.29) is 5.91 Å². The van der Waals surface area contributed by atoms with Crippen LogP contribution in [0.5, 0.6) is 0 Å². The highest BCUT2D eigenvalue weighted by atomic mass is 16.1. The zero-order valence-electron chi connectivity index (χ0n) is 15.2. The van der Waals surface area contributed by atoms with E-state index in [0.717, 1.165) is 29.3 Å². The summed E-state index contributed by atoms with van der Waals surface area (Å²) in [5.74, 6) is 0.760. The summed E-state index contributed by atoms with van der Waals surface area (Å²) in [5.41, 5.74) is 4.69. The first-order valence-corrected chi connectivity index (χ1v) is 8.66. The van der Waals surface area contributed by atoms with E-state index in [9.17, 15) is 4.79 Å². The molecule has 1 amide bonds. The van der Waals surface area contributed by atoms with Crippen molar-refractivity contribution in [3.8, 4) is 5.69 Å². The van der Waals surface area contributed by atoms with Crippen LogP contribution in [0.2, 0.25) is 0 Å². The van der Waals surface area contributed by atoms with Gasteiger partial charge in [0.2, 0.25) is 5.91 Å². The number of carbonyl (C=O) groups is 1. The third-order valence-corrected chi connectivity index (χ3v) is 4.26. The Hall–Kier alpha value is -3.14. The summed E-state index contributed by atoms with van der Waals surface area (Å²) in [6.07, 6.45) is 0.722. The molecule has 0 fully saturated rings. The fourth-order valence-corrected chi connectivity index (χ4v) is 2.98. The molecule has 26 heavy (non-hydrogen) atoms. The van der Waals surface area contributed by atoms with Gasteiger partial charge in [0, 0.05) is 17.7 Å². The second-order valence-electron chi connectivity index (χ2n) is 6.35. The van der Waals surface area contributed by atoms with Crippen LogP contribution in [0.15, 0.2) is 72.8 Å². The summed E-state index contributed by atoms with van der Waals surface area (Å²) >= 11 is 0. The number of aryl methyl sites for hydroxylation is 1. The smallest absolute Gasteiger partial charge is 0.246 e. The van der Waals surface area contributed by atoms with Crippen molar-refractivity contribution in [2.75, 3.05) is 0 Å². The van der Waals surface area contributed by atoms with Crippen LogP contribution in [-0.4, -0.2) is 15.5 Å². The Kier molecular flexibility index (Phi) is 5.32. The molecule has 1 aromatic heterocycles. The number of nitrogens with zero attached hydrogens (tertiary/aromatic N) is 2. The normalized spacial score (nSPS) is 10.5. The van der Waals surface area contributed by atoms with Crippen LogP contribution in [-0.2, 0) is 17.8 Å². The third-order valence-electron chi connectivity index (χ3n) is 4.26. The van der Waals surface area contributed by atoms with Gasteiger partial charge in [-0.3, -0.25) is 9.36 Å². The predicted molar refractivity (Wildman–Crippen MR) is 104 cm³/mol. The zero-order valence-corrected chi connectivity index (χ0v) is 15.2. The molecule has 0 unspecified atom stereocenters. The lowest BCUT2D eigenvalue weighted by atomic mass is 10.1. The molecule has 0 aliphatic carbocycles. The van der Waals surface area contributed by atoms with Crippen molar-refractivity contribution in [2.24, 2.45) is 0 Å². The molecule has 0 spiro atoms. The van der Waals surface area contributed by atoms with E-state index < -0.39 is 0 Å². The maximum atomic E-state index is 12.0. The Morgan fingerprint density at radius 3 is 2.31 bits per heavy atom. The van der Waals surface area contributed by atoms with E-state index >= 15 is 0 Å². The Morgan fingerprint density at radius 2 is 1.69 bits per heavy atom. The fraction of sp³-hybridized carbons (Fsp3) is 0.182. The predicted octanol–water partition coefficient (Wildman–Crippen LogP) is 3.96. The number of para-hydroxylation sites is 1. The van der Waals surface area contributed by atoms with E-state index in [4.69, 9.17) is 4.98 Å². The van der Waals surface area contributed by atoms with Gasteiger partial charge in [-0.25, -0.2) is 4.98 Å². The Labute approximate surface area is 154 Å². The van der Waals surface area contributed by atoms with Crippen molar-refractivity contribution in [3.05, 3.63) is 95.6 Å². The maximum Gasteiger partial charge on any atom is 0.246 e. The average molecular weight is 345 g/mol. The molecular formula is C22H23N3O. The minimum absolute atomic E-state index is 0.144. The molecule has 4 heteroatoms. The summed E-state index contributed by atoms with van der Waals surface area (Å²) in [5, 5.41) is 2.95. The van der Waals surface area contributed by atoms with Crippen LogP contribution >= 0.6 is 0 Å². The second-order valence-corrected chi connectivity index (χ2v) is 6.35. The number of carbonyl (C=O) groups excluding carboxylic acids is 1. The molecular weight excluding hydrogens is 322 g/mol. The first-order chi connectivity index (χ1) is 12.6. The molecule has 0 atom stereocenters. The van der Waals surface area contributed by atoms with Gasteiger partial charge >= 0.3 is 0 Å². The number of rotatable bonds is 6. The van der Waals surface area contributed by atoms with E-state index in [1.54, 1.807) is 6.92 Å². The number of imidazole rings is 1. The summed E-state index contributed by atoms with van der Waals surface area (Å²) < 4.78 is 2.11. The molecule has 0 bridgehead atoms. The highest BCUT2D eigenvalue weighted by Crippen LogP contribution is 2.21. The number of benzene rings is 2. The molecule has 0 aliphatic heterocycles. The largest absolute Gasteiger partial charge is 0.347 e. The van der Waals surface area contributed by atoms with Crippen LogP contribution in [0.3, 0.4) is 0 Å². The van der Waals surface area contributed by atoms with Gasteiger partial charge in [0.15, 0.2) is 0 Å². The minimum Gasteiger partial charge on any atom is -0.347 e. The molecule has 3 aromatic rings. The van der Waals surface area contributed by atoms with Crippen molar-refractivity contribution in [1.82, 2.24) is 14.9 Å². The van der Waals surface area contributed by atoms with Crippen molar-refractivity contribution >= 4 is 5.91 Å². The Bertz CT molecular complexity index is 911. The molecule has 2 aromatic carbocycles. The summed E-state index contributed by atoms with van der Waals surface area (Å²) in [6.45, 7) is 7.82. The SMILES string of the molecule is C=C(C)C(=O)NCc1c(Cc2ccccc2)nc(C)n1-c1ccccc1. The van der Waals surface area contributed by atoms with Gasteiger partial charge < -0.3 is 5.32 Å². The molecule has 132 valence electrons. The number of hydrogen-bond donors (Lipinski definition) is 1. The highest BCUT2D eigenvalue weighted by Gasteiger charge is 2.17. The van der Waals surface area contributed by atoms with E-state index in [0.29, 0.717) is 12.1 Å². The van der Waals surface area contributed by atoms with Crippen molar-refractivity contribution < 1.29 is 4.79 Å². The molecule has 0 radical (unpaired) electrons. The Morgan fingerprint density at radius 1 is 1.08 bits per heavy atom. The van der Waals surface area contributed by atoms with Crippen molar-refractivity contribution in [2.45, 2.75) is 26.8 Å². The molecule has 0 saturated carbocycles. The maximum absolute atomic E-state index is 12.0. The van der Waals surface area contributed by atoms with Crippen LogP contribution in [0.4, 0.5) is 0 Å². The topological polar surface area (TPSA) is 46.9 Å². The molecule has 4 nitrogen and oxygen atoms in total. The zero-order chi connectivity index (χ0) is 18.5. The first kappa shape index (κ1) is 17.7. The molecule has 3 rings (SSSR count). The number of amides is 1. The molecule has 1 N–H and O–H groups in total. The van der Waals surface area contributed by atoms with Gasteiger partial charge in [-0.05, 0) is 31.5 Å². The number of hydrogen-bond acceptors (Lipinski definition) is 2. The average Bonchev–Trinajstić information content (AvgIpc) is 2.96. The van der Waals surface area contributed by atoms with Gasteiger partial charge in [0.25, 0.3) is 0 Å². The standard InChI is InChI=1S/C22H23N3O/c1-16(2)22(26)23-15-21-20(14-18-10-6-4-7-11-18)24-17(3)25(21)19-12-8-5-9-13-19/h4-13H,1,14-15H2,2-3H3,(H,23,26). The first-order valence-electron chi connectivity index (χ1n) is 8.66. The molecule has 0 saturated heterocycles. The van der Waals surface area contributed by atoms with Crippen LogP contribution in [0, 0.1) is 6.92 Å². The van der Waals surface area contributed by atoms with Crippen LogP contribution in [0.25, 0.3) is 5.69 Å². The number of aromatic nitrogens is 2. The second kappa shape index (κ2) is 7.83. The van der Waals surface area contributed by atoms with E-state index in [1.807, 2.05) is 55.5 Å². The number of nitrogens with one attached hydrogen (secondary N) is 1. The summed E-state index contributed by atoms with van der Waals surface area (Å²) in [7, 11) is 0.